The molecule has 2 aliphatic rings. The second-order valence-corrected chi connectivity index (χ2v) is 9.63. The van der Waals surface area contributed by atoms with Gasteiger partial charge < -0.3 is 10.1 Å². The summed E-state index contributed by atoms with van der Waals surface area (Å²) in [6.07, 6.45) is 0.679. The Kier molecular flexibility index (Phi) is 5.23. The molecular formula is C19H20N2O4S2. The predicted molar refractivity (Wildman–Crippen MR) is 104 cm³/mol. The number of sulfonamides is 1. The molecule has 6 nitrogen and oxygen atoms in total. The van der Waals surface area contributed by atoms with Gasteiger partial charge in [-0.25, -0.2) is 8.42 Å². The summed E-state index contributed by atoms with van der Waals surface area (Å²) in [5, 5.41) is 2.66. The third kappa shape index (κ3) is 3.89. The van der Waals surface area contributed by atoms with Crippen molar-refractivity contribution in [1.82, 2.24) is 4.31 Å². The number of carbonyl (C=O) groups is 1. The molecule has 0 aliphatic carbocycles. The van der Waals surface area contributed by atoms with Crippen LogP contribution in [0.25, 0.3) is 0 Å². The highest BCUT2D eigenvalue weighted by molar-refractivity contribution is 8.01. The van der Waals surface area contributed by atoms with E-state index in [9.17, 15) is 13.2 Å². The molecule has 1 amide bonds. The number of carbonyl (C=O) groups excluding carboxylic acids is 1. The van der Waals surface area contributed by atoms with Gasteiger partial charge >= 0.3 is 0 Å². The Morgan fingerprint density at radius 1 is 1.11 bits per heavy atom. The number of hydrogen-bond acceptors (Lipinski definition) is 5. The summed E-state index contributed by atoms with van der Waals surface area (Å²) in [6, 6.07) is 14.4. The first-order valence-electron chi connectivity index (χ1n) is 8.77. The molecular weight excluding hydrogens is 384 g/mol. The number of anilines is 1. The number of nitrogens with one attached hydrogen (secondary N) is 1. The molecule has 1 saturated heterocycles. The van der Waals surface area contributed by atoms with Crippen LogP contribution in [-0.2, 0) is 26.0 Å². The lowest BCUT2D eigenvalue weighted by Gasteiger charge is -2.26. The highest BCUT2D eigenvalue weighted by Crippen LogP contribution is 2.37. The number of fused-ring (bicyclic) bond motifs is 1. The lowest BCUT2D eigenvalue weighted by atomic mass is 10.1. The minimum absolute atomic E-state index is 0.114. The summed E-state index contributed by atoms with van der Waals surface area (Å²) in [5.74, 6) is -0.114. The summed E-state index contributed by atoms with van der Waals surface area (Å²) >= 11 is 1.54. The number of amides is 1. The normalized spacial score (nSPS) is 20.2. The average Bonchev–Trinajstić information content (AvgIpc) is 3.13. The number of rotatable bonds is 4. The highest BCUT2D eigenvalue weighted by Gasteiger charge is 2.29. The summed E-state index contributed by atoms with van der Waals surface area (Å²) in [7, 11) is -3.59. The summed E-state index contributed by atoms with van der Waals surface area (Å²) in [6.45, 7) is 1.48. The fourth-order valence-electron chi connectivity index (χ4n) is 3.22. The van der Waals surface area contributed by atoms with Gasteiger partial charge in [0.05, 0.1) is 23.4 Å². The van der Waals surface area contributed by atoms with Crippen molar-refractivity contribution in [3.05, 3.63) is 54.1 Å². The van der Waals surface area contributed by atoms with Gasteiger partial charge in [-0.1, -0.05) is 24.3 Å². The van der Waals surface area contributed by atoms with Crippen molar-refractivity contribution in [2.24, 2.45) is 0 Å². The molecule has 0 saturated carbocycles. The van der Waals surface area contributed by atoms with Gasteiger partial charge in [-0.15, -0.1) is 11.8 Å². The number of hydrogen-bond donors (Lipinski definition) is 1. The van der Waals surface area contributed by atoms with Crippen LogP contribution in [0.1, 0.15) is 5.56 Å². The first-order valence-corrected chi connectivity index (χ1v) is 11.1. The van der Waals surface area contributed by atoms with Crippen LogP contribution >= 0.6 is 11.8 Å². The van der Waals surface area contributed by atoms with Crippen LogP contribution in [0, 0.1) is 0 Å². The van der Waals surface area contributed by atoms with Crippen LogP contribution in [0.3, 0.4) is 0 Å². The maximum atomic E-state index is 12.8. The predicted octanol–water partition coefficient (Wildman–Crippen LogP) is 2.36. The number of benzene rings is 2. The molecule has 0 bridgehead atoms. The van der Waals surface area contributed by atoms with Crippen LogP contribution in [0.15, 0.2) is 58.3 Å². The van der Waals surface area contributed by atoms with Gasteiger partial charge in [0, 0.05) is 23.7 Å². The van der Waals surface area contributed by atoms with Gasteiger partial charge in [-0.2, -0.15) is 4.31 Å². The van der Waals surface area contributed by atoms with Crippen molar-refractivity contribution in [1.29, 1.82) is 0 Å². The van der Waals surface area contributed by atoms with Crippen LogP contribution in [0.4, 0.5) is 5.69 Å². The minimum atomic E-state index is -3.59. The van der Waals surface area contributed by atoms with Crippen molar-refractivity contribution in [3.8, 4) is 0 Å². The third-order valence-electron chi connectivity index (χ3n) is 4.65. The Hall–Kier alpha value is -1.87. The van der Waals surface area contributed by atoms with E-state index in [1.54, 1.807) is 30.0 Å². The first kappa shape index (κ1) is 18.5. The van der Waals surface area contributed by atoms with Crippen LogP contribution < -0.4 is 5.32 Å². The van der Waals surface area contributed by atoms with Gasteiger partial charge in [0.2, 0.25) is 15.9 Å². The molecule has 1 atom stereocenters. The lowest BCUT2D eigenvalue weighted by molar-refractivity contribution is -0.115. The zero-order chi connectivity index (χ0) is 18.9. The molecule has 1 N–H and O–H groups in total. The summed E-state index contributed by atoms with van der Waals surface area (Å²) in [5.41, 5.74) is 1.66. The van der Waals surface area contributed by atoms with Crippen LogP contribution in [0.5, 0.6) is 0 Å². The van der Waals surface area contributed by atoms with Crippen molar-refractivity contribution in [2.45, 2.75) is 21.5 Å². The van der Waals surface area contributed by atoms with Crippen molar-refractivity contribution >= 4 is 33.4 Å². The SMILES string of the molecule is O=C(Nc1cccc(S(=O)(=O)N2CCOCC2)c1)C1Cc2ccccc2S1. The molecule has 27 heavy (non-hydrogen) atoms. The summed E-state index contributed by atoms with van der Waals surface area (Å²) in [4.78, 5) is 13.9. The smallest absolute Gasteiger partial charge is 0.243 e. The van der Waals surface area contributed by atoms with E-state index in [1.807, 2.05) is 24.3 Å². The largest absolute Gasteiger partial charge is 0.379 e. The zero-order valence-electron chi connectivity index (χ0n) is 14.6. The van der Waals surface area contributed by atoms with Crippen molar-refractivity contribution in [2.75, 3.05) is 31.6 Å². The van der Waals surface area contributed by atoms with E-state index in [0.29, 0.717) is 38.4 Å². The molecule has 2 aliphatic heterocycles. The van der Waals surface area contributed by atoms with E-state index in [2.05, 4.69) is 5.32 Å². The van der Waals surface area contributed by atoms with Crippen molar-refractivity contribution < 1.29 is 17.9 Å². The molecule has 1 unspecified atom stereocenters. The molecule has 1 fully saturated rings. The molecule has 2 heterocycles. The Morgan fingerprint density at radius 2 is 1.89 bits per heavy atom. The van der Waals surface area contributed by atoms with E-state index in [1.165, 1.54) is 15.9 Å². The monoisotopic (exact) mass is 404 g/mol. The van der Waals surface area contributed by atoms with E-state index in [4.69, 9.17) is 4.74 Å². The molecule has 0 spiro atoms. The molecule has 0 radical (unpaired) electrons. The number of morpholine rings is 1. The number of thioether (sulfide) groups is 1. The first-order chi connectivity index (χ1) is 13.0. The molecule has 2 aromatic carbocycles. The fraction of sp³-hybridized carbons (Fsp3) is 0.316. The lowest BCUT2D eigenvalue weighted by Crippen LogP contribution is -2.40. The molecule has 4 rings (SSSR count). The van der Waals surface area contributed by atoms with E-state index in [-0.39, 0.29) is 16.1 Å². The second-order valence-electron chi connectivity index (χ2n) is 6.45. The van der Waals surface area contributed by atoms with Gasteiger partial charge in [0.1, 0.15) is 0 Å². The van der Waals surface area contributed by atoms with Gasteiger partial charge in [-0.3, -0.25) is 4.79 Å². The standard InChI is InChI=1S/C19H20N2O4S2/c22-19(18-12-14-4-1-2-7-17(14)26-18)20-15-5-3-6-16(13-15)27(23,24)21-8-10-25-11-9-21/h1-7,13,18H,8-12H2,(H,20,22). The van der Waals surface area contributed by atoms with E-state index < -0.39 is 10.0 Å². The maximum absolute atomic E-state index is 12.8. The Balaban J connectivity index is 1.47. The van der Waals surface area contributed by atoms with E-state index >= 15 is 0 Å². The van der Waals surface area contributed by atoms with Gasteiger partial charge in [0.15, 0.2) is 0 Å². The Bertz CT molecular complexity index is 931. The average molecular weight is 405 g/mol. The van der Waals surface area contributed by atoms with Crippen LogP contribution in [-0.4, -0.2) is 50.2 Å². The quantitative estimate of drug-likeness (QED) is 0.847. The minimum Gasteiger partial charge on any atom is -0.379 e. The topological polar surface area (TPSA) is 75.7 Å². The summed E-state index contributed by atoms with van der Waals surface area (Å²) < 4.78 is 32.2. The molecule has 142 valence electrons. The Labute approximate surface area is 163 Å². The highest BCUT2D eigenvalue weighted by atomic mass is 32.2. The maximum Gasteiger partial charge on any atom is 0.243 e. The van der Waals surface area contributed by atoms with E-state index in [0.717, 1.165) is 4.90 Å². The Morgan fingerprint density at radius 3 is 2.67 bits per heavy atom. The van der Waals surface area contributed by atoms with Crippen molar-refractivity contribution in [3.63, 3.8) is 0 Å². The molecule has 2 aromatic rings. The number of ether oxygens (including phenoxy) is 1. The zero-order valence-corrected chi connectivity index (χ0v) is 16.3. The number of nitrogens with zero attached hydrogens (tertiary/aromatic N) is 1. The molecule has 0 aromatic heterocycles. The van der Waals surface area contributed by atoms with Crippen LogP contribution in [0.2, 0.25) is 0 Å². The molecule has 8 heteroatoms. The second kappa shape index (κ2) is 7.63. The van der Waals surface area contributed by atoms with Gasteiger partial charge in [0.25, 0.3) is 0 Å². The van der Waals surface area contributed by atoms with Gasteiger partial charge in [-0.05, 0) is 36.2 Å². The fourth-order valence-corrected chi connectivity index (χ4v) is 5.87. The third-order valence-corrected chi connectivity index (χ3v) is 7.86.